The highest BCUT2D eigenvalue weighted by molar-refractivity contribution is 5.41. The molecule has 0 radical (unpaired) electrons. The van der Waals surface area contributed by atoms with Crippen molar-refractivity contribution in [2.24, 2.45) is 0 Å². The molecule has 2 aromatic rings. The number of nitro groups is 1. The summed E-state index contributed by atoms with van der Waals surface area (Å²) in [6.45, 7) is 3.46. The topological polar surface area (TPSA) is 89.4 Å². The molecule has 2 rings (SSSR count). The first-order chi connectivity index (χ1) is 9.56. The Labute approximate surface area is 116 Å². The molecule has 106 valence electrons. The van der Waals surface area contributed by atoms with E-state index in [4.69, 9.17) is 4.52 Å². The fourth-order valence-electron chi connectivity index (χ4n) is 2.14. The lowest BCUT2D eigenvalue weighted by Crippen LogP contribution is -2.09. The normalized spacial score (nSPS) is 13.9. The molecule has 2 unspecified atom stereocenters. The molecule has 2 atom stereocenters. The zero-order chi connectivity index (χ0) is 14.7. The van der Waals surface area contributed by atoms with Crippen LogP contribution in [0.4, 0.5) is 5.69 Å². The van der Waals surface area contributed by atoms with Gasteiger partial charge in [0.2, 0.25) is 5.76 Å². The van der Waals surface area contributed by atoms with Crippen LogP contribution in [0.2, 0.25) is 0 Å². The monoisotopic (exact) mass is 276 g/mol. The molecule has 6 heteroatoms. The molecule has 0 spiro atoms. The fraction of sp³-hybridized carbons (Fsp3) is 0.357. The second kappa shape index (κ2) is 5.83. The van der Waals surface area contributed by atoms with Gasteiger partial charge in [-0.1, -0.05) is 49.3 Å². The number of aliphatic hydroxyl groups excluding tert-OH is 1. The molecule has 0 saturated heterocycles. The lowest BCUT2D eigenvalue weighted by Gasteiger charge is -2.16. The number of rotatable bonds is 5. The summed E-state index contributed by atoms with van der Waals surface area (Å²) in [6.07, 6.45) is -0.471. The summed E-state index contributed by atoms with van der Waals surface area (Å²) in [7, 11) is 0. The molecule has 20 heavy (non-hydrogen) atoms. The fourth-order valence-corrected chi connectivity index (χ4v) is 2.14. The highest BCUT2D eigenvalue weighted by Gasteiger charge is 2.33. The van der Waals surface area contributed by atoms with Crippen molar-refractivity contribution in [1.82, 2.24) is 5.16 Å². The maximum absolute atomic E-state index is 11.2. The van der Waals surface area contributed by atoms with E-state index in [1.165, 1.54) is 0 Å². The number of benzene rings is 1. The Hall–Kier alpha value is -2.21. The van der Waals surface area contributed by atoms with Crippen LogP contribution in [0.3, 0.4) is 0 Å². The van der Waals surface area contributed by atoms with Crippen LogP contribution in [0.5, 0.6) is 0 Å². The molecule has 0 bridgehead atoms. The smallest absolute Gasteiger partial charge is 0.335 e. The lowest BCUT2D eigenvalue weighted by atomic mass is 9.94. The van der Waals surface area contributed by atoms with Crippen LogP contribution >= 0.6 is 0 Å². The molecule has 0 aliphatic rings. The second-order valence-corrected chi connectivity index (χ2v) is 4.60. The first-order valence-electron chi connectivity index (χ1n) is 6.42. The number of aliphatic hydroxyl groups is 1. The molecule has 0 aliphatic carbocycles. The van der Waals surface area contributed by atoms with Crippen molar-refractivity contribution in [2.45, 2.75) is 32.3 Å². The molecule has 0 amide bonds. The van der Waals surface area contributed by atoms with E-state index < -0.39 is 16.9 Å². The first kappa shape index (κ1) is 14.2. The highest BCUT2D eigenvalue weighted by atomic mass is 16.6. The summed E-state index contributed by atoms with van der Waals surface area (Å²) in [5, 5.41) is 25.2. The Kier molecular flexibility index (Phi) is 4.14. The Balaban J connectivity index is 2.36. The predicted octanol–water partition coefficient (Wildman–Crippen LogP) is 2.98. The van der Waals surface area contributed by atoms with Crippen LogP contribution in [-0.4, -0.2) is 15.2 Å². The van der Waals surface area contributed by atoms with Crippen LogP contribution in [0.1, 0.15) is 42.9 Å². The number of hydrogen-bond acceptors (Lipinski definition) is 5. The highest BCUT2D eigenvalue weighted by Crippen LogP contribution is 2.37. The third-order valence-corrected chi connectivity index (χ3v) is 3.31. The molecule has 1 heterocycles. The van der Waals surface area contributed by atoms with Crippen LogP contribution < -0.4 is 0 Å². The summed E-state index contributed by atoms with van der Waals surface area (Å²) >= 11 is 0. The van der Waals surface area contributed by atoms with Crippen molar-refractivity contribution >= 4 is 5.69 Å². The van der Waals surface area contributed by atoms with Gasteiger partial charge in [-0.15, -0.1) is 0 Å². The minimum Gasteiger partial charge on any atom is -0.388 e. The third-order valence-electron chi connectivity index (χ3n) is 3.31. The number of aromatic nitrogens is 1. The maximum Gasteiger partial charge on any atom is 0.335 e. The molecule has 1 aromatic carbocycles. The van der Waals surface area contributed by atoms with Gasteiger partial charge in [-0.05, 0) is 12.0 Å². The van der Waals surface area contributed by atoms with Gasteiger partial charge in [0.05, 0.1) is 16.9 Å². The summed E-state index contributed by atoms with van der Waals surface area (Å²) < 4.78 is 5.10. The van der Waals surface area contributed by atoms with Crippen molar-refractivity contribution in [2.75, 3.05) is 0 Å². The Morgan fingerprint density at radius 1 is 1.40 bits per heavy atom. The third kappa shape index (κ3) is 2.55. The standard InChI is InChI=1S/C14H16N2O4/c1-3-11-12(16(18)19)14(20-15-11)9(2)13(17)10-7-5-4-6-8-10/h4-9,13,17H,3H2,1-2H3. The van der Waals surface area contributed by atoms with Gasteiger partial charge in [0.15, 0.2) is 5.69 Å². The molecule has 6 nitrogen and oxygen atoms in total. The Bertz CT molecular complexity index is 594. The van der Waals surface area contributed by atoms with Crippen molar-refractivity contribution in [3.63, 3.8) is 0 Å². The molecular weight excluding hydrogens is 260 g/mol. The molecule has 1 aromatic heterocycles. The number of aryl methyl sites for hydroxylation is 1. The number of hydrogen-bond donors (Lipinski definition) is 1. The van der Waals surface area contributed by atoms with Crippen LogP contribution in [0.25, 0.3) is 0 Å². The summed E-state index contributed by atoms with van der Waals surface area (Å²) in [6, 6.07) is 8.98. The van der Waals surface area contributed by atoms with Gasteiger partial charge in [0.1, 0.15) is 0 Å². The van der Waals surface area contributed by atoms with Gasteiger partial charge in [0.25, 0.3) is 0 Å². The molecule has 0 aliphatic heterocycles. The zero-order valence-electron chi connectivity index (χ0n) is 11.3. The minimum atomic E-state index is -0.882. The van der Waals surface area contributed by atoms with Gasteiger partial charge in [0, 0.05) is 0 Å². The van der Waals surface area contributed by atoms with Gasteiger partial charge < -0.3 is 9.63 Å². The molecule has 1 N–H and O–H groups in total. The van der Waals surface area contributed by atoms with Gasteiger partial charge in [-0.3, -0.25) is 10.1 Å². The molecule has 0 saturated carbocycles. The van der Waals surface area contributed by atoms with Gasteiger partial charge in [-0.25, -0.2) is 0 Å². The van der Waals surface area contributed by atoms with Crippen molar-refractivity contribution in [1.29, 1.82) is 0 Å². The molecule has 0 fully saturated rings. The van der Waals surface area contributed by atoms with Crippen LogP contribution in [0, 0.1) is 10.1 Å². The largest absolute Gasteiger partial charge is 0.388 e. The van der Waals surface area contributed by atoms with Crippen molar-refractivity contribution in [3.8, 4) is 0 Å². The average Bonchev–Trinajstić information content (AvgIpc) is 2.90. The zero-order valence-corrected chi connectivity index (χ0v) is 11.3. The van der Waals surface area contributed by atoms with Gasteiger partial charge in [-0.2, -0.15) is 0 Å². The molecular formula is C14H16N2O4. The van der Waals surface area contributed by atoms with E-state index in [0.717, 1.165) is 0 Å². The summed E-state index contributed by atoms with van der Waals surface area (Å²) in [5.74, 6) is -0.436. The quantitative estimate of drug-likeness (QED) is 0.669. The van der Waals surface area contributed by atoms with Crippen molar-refractivity contribution < 1.29 is 14.6 Å². The Morgan fingerprint density at radius 3 is 2.60 bits per heavy atom. The summed E-state index contributed by atoms with van der Waals surface area (Å²) in [5.41, 5.74) is 0.857. The van der Waals surface area contributed by atoms with Crippen LogP contribution in [0.15, 0.2) is 34.9 Å². The van der Waals surface area contributed by atoms with E-state index in [2.05, 4.69) is 5.16 Å². The van der Waals surface area contributed by atoms with E-state index in [1.807, 2.05) is 6.07 Å². The summed E-state index contributed by atoms with van der Waals surface area (Å²) in [4.78, 5) is 10.6. The van der Waals surface area contributed by atoms with Crippen molar-refractivity contribution in [3.05, 3.63) is 57.5 Å². The van der Waals surface area contributed by atoms with Crippen LogP contribution in [-0.2, 0) is 6.42 Å². The maximum atomic E-state index is 11.2. The van der Waals surface area contributed by atoms with E-state index >= 15 is 0 Å². The second-order valence-electron chi connectivity index (χ2n) is 4.60. The lowest BCUT2D eigenvalue weighted by molar-refractivity contribution is -0.387. The van der Waals surface area contributed by atoms with E-state index in [-0.39, 0.29) is 11.4 Å². The first-order valence-corrected chi connectivity index (χ1v) is 6.42. The Morgan fingerprint density at radius 2 is 2.05 bits per heavy atom. The van der Waals surface area contributed by atoms with E-state index in [9.17, 15) is 15.2 Å². The SMILES string of the molecule is CCc1noc(C(C)C(O)c2ccccc2)c1[N+](=O)[O-]. The average molecular weight is 276 g/mol. The number of nitrogens with zero attached hydrogens (tertiary/aromatic N) is 2. The minimum absolute atomic E-state index is 0.114. The van der Waals surface area contributed by atoms with E-state index in [1.54, 1.807) is 38.1 Å². The van der Waals surface area contributed by atoms with Gasteiger partial charge >= 0.3 is 5.69 Å². The van der Waals surface area contributed by atoms with E-state index in [0.29, 0.717) is 17.7 Å². The predicted molar refractivity (Wildman–Crippen MR) is 72.4 cm³/mol.